The van der Waals surface area contributed by atoms with Gasteiger partial charge in [0.25, 0.3) is 0 Å². The molecule has 1 N–H and O–H groups in total. The summed E-state index contributed by atoms with van der Waals surface area (Å²) in [6.45, 7) is 9.45. The van der Waals surface area contributed by atoms with Gasteiger partial charge in [-0.25, -0.2) is 0 Å². The van der Waals surface area contributed by atoms with Crippen LogP contribution in [0, 0.1) is 11.3 Å². The zero-order valence-corrected chi connectivity index (χ0v) is 9.46. The van der Waals surface area contributed by atoms with Gasteiger partial charge in [-0.05, 0) is 11.8 Å². The summed E-state index contributed by atoms with van der Waals surface area (Å²) in [5.41, 5.74) is 1.48. The van der Waals surface area contributed by atoms with Crippen LogP contribution in [0.4, 0.5) is 0 Å². The van der Waals surface area contributed by atoms with Gasteiger partial charge in [-0.2, -0.15) is 0 Å². The Morgan fingerprint density at radius 2 is 2.27 bits per heavy atom. The lowest BCUT2D eigenvalue weighted by molar-refractivity contribution is -0.118. The van der Waals surface area contributed by atoms with Crippen molar-refractivity contribution in [2.24, 2.45) is 11.3 Å². The van der Waals surface area contributed by atoms with Crippen LogP contribution in [0.2, 0.25) is 0 Å². The number of hydrogen-bond donors (Lipinski definition) is 1. The van der Waals surface area contributed by atoms with Crippen molar-refractivity contribution in [3.63, 3.8) is 0 Å². The highest BCUT2D eigenvalue weighted by atomic mass is 16.1. The molecule has 0 aromatic carbocycles. The maximum atomic E-state index is 11.0. The highest BCUT2D eigenvalue weighted by Gasteiger charge is 2.30. The Hall–Kier alpha value is -1.38. The van der Waals surface area contributed by atoms with E-state index in [0.717, 1.165) is 18.3 Å². The summed E-state index contributed by atoms with van der Waals surface area (Å²) < 4.78 is 0. The van der Waals surface area contributed by atoms with Crippen LogP contribution < -0.4 is 5.32 Å². The van der Waals surface area contributed by atoms with E-state index in [1.54, 1.807) is 0 Å². The van der Waals surface area contributed by atoms with E-state index >= 15 is 0 Å². The van der Waals surface area contributed by atoms with Crippen LogP contribution in [0.3, 0.4) is 0 Å². The Balaban J connectivity index is 3.04. The summed E-state index contributed by atoms with van der Waals surface area (Å²) in [5, 5.41) is 2.70. The number of hydrogen-bond acceptors (Lipinski definition) is 2. The van der Waals surface area contributed by atoms with Crippen LogP contribution in [0.1, 0.15) is 27.2 Å². The molecule has 0 aromatic rings. The second-order valence-electron chi connectivity index (χ2n) is 4.72. The molecule has 0 fully saturated rings. The molecular formula is C12H17NO2. The van der Waals surface area contributed by atoms with Gasteiger partial charge in [-0.1, -0.05) is 32.1 Å². The summed E-state index contributed by atoms with van der Waals surface area (Å²) in [4.78, 5) is 21.9. The third-order valence-corrected chi connectivity index (χ3v) is 2.46. The van der Waals surface area contributed by atoms with Gasteiger partial charge in [0.1, 0.15) is 6.29 Å². The van der Waals surface area contributed by atoms with Crippen LogP contribution in [0.25, 0.3) is 0 Å². The molecule has 3 heteroatoms. The number of amides is 1. The molecule has 0 heterocycles. The summed E-state index contributed by atoms with van der Waals surface area (Å²) >= 11 is 0. The molecule has 15 heavy (non-hydrogen) atoms. The molecule has 0 aliphatic heterocycles. The molecular weight excluding hydrogens is 190 g/mol. The zero-order chi connectivity index (χ0) is 11.6. The molecule has 0 saturated heterocycles. The first-order chi connectivity index (χ1) is 6.85. The van der Waals surface area contributed by atoms with Gasteiger partial charge in [-0.3, -0.25) is 4.79 Å². The first kappa shape index (κ1) is 11.7. The Morgan fingerprint density at radius 3 is 2.73 bits per heavy atom. The topological polar surface area (TPSA) is 46.2 Å². The van der Waals surface area contributed by atoms with Gasteiger partial charge >= 0.3 is 0 Å². The van der Waals surface area contributed by atoms with Gasteiger partial charge in [-0.15, -0.1) is 0 Å². The maximum Gasteiger partial charge on any atom is 0.221 e. The highest BCUT2D eigenvalue weighted by molar-refractivity contribution is 5.77. The lowest BCUT2D eigenvalue weighted by Gasteiger charge is -2.32. The average molecular weight is 207 g/mol. The fraction of sp³-hybridized carbons (Fsp3) is 0.500. The average Bonchev–Trinajstić information content (AvgIpc) is 1.99. The minimum absolute atomic E-state index is 0.0472. The van der Waals surface area contributed by atoms with Crippen LogP contribution >= 0.6 is 0 Å². The molecule has 1 atom stereocenters. The molecule has 0 spiro atoms. The van der Waals surface area contributed by atoms with Crippen LogP contribution in [-0.2, 0) is 9.59 Å². The standard InChI is InChI=1S/C12H17NO2/c1-8-5-12(3,4)6-11(10(8)7-14)13-9(2)15/h6-7,10H,1,5H2,2-4H3,(H,13,15). The largest absolute Gasteiger partial charge is 0.329 e. The van der Waals surface area contributed by atoms with E-state index in [0.29, 0.717) is 5.70 Å². The van der Waals surface area contributed by atoms with Crippen molar-refractivity contribution in [3.8, 4) is 0 Å². The number of carbonyl (C=O) groups excluding carboxylic acids is 2. The third kappa shape index (κ3) is 2.78. The van der Waals surface area contributed by atoms with Crippen molar-refractivity contribution in [3.05, 3.63) is 23.9 Å². The van der Waals surface area contributed by atoms with Gasteiger partial charge in [0.15, 0.2) is 0 Å². The lowest BCUT2D eigenvalue weighted by atomic mass is 9.75. The maximum absolute atomic E-state index is 11.0. The summed E-state index contributed by atoms with van der Waals surface area (Å²) in [6.07, 6.45) is 3.56. The van der Waals surface area contributed by atoms with Gasteiger partial charge < -0.3 is 10.1 Å². The van der Waals surface area contributed by atoms with Crippen molar-refractivity contribution in [1.29, 1.82) is 0 Å². The van der Waals surface area contributed by atoms with Crippen molar-refractivity contribution in [2.75, 3.05) is 0 Å². The van der Waals surface area contributed by atoms with Crippen molar-refractivity contribution in [1.82, 2.24) is 5.32 Å². The smallest absolute Gasteiger partial charge is 0.221 e. The third-order valence-electron chi connectivity index (χ3n) is 2.46. The molecule has 1 amide bonds. The van der Waals surface area contributed by atoms with Crippen LogP contribution in [0.5, 0.6) is 0 Å². The summed E-state index contributed by atoms with van der Waals surface area (Å²) in [6, 6.07) is 0. The van der Waals surface area contributed by atoms with Crippen molar-refractivity contribution >= 4 is 12.2 Å². The number of nitrogens with one attached hydrogen (secondary N) is 1. The molecule has 0 radical (unpaired) electrons. The molecule has 1 aliphatic rings. The number of aldehydes is 1. The van der Waals surface area contributed by atoms with E-state index in [9.17, 15) is 9.59 Å². The van der Waals surface area contributed by atoms with Gasteiger partial charge in [0.05, 0.1) is 5.92 Å². The van der Waals surface area contributed by atoms with E-state index in [-0.39, 0.29) is 17.2 Å². The first-order valence-corrected chi connectivity index (χ1v) is 4.99. The quantitative estimate of drug-likeness (QED) is 0.554. The van der Waals surface area contributed by atoms with Crippen LogP contribution in [-0.4, -0.2) is 12.2 Å². The fourth-order valence-electron chi connectivity index (χ4n) is 1.96. The molecule has 1 rings (SSSR count). The van der Waals surface area contributed by atoms with E-state index < -0.39 is 0 Å². The zero-order valence-electron chi connectivity index (χ0n) is 9.46. The predicted octanol–water partition coefficient (Wildman–Crippen LogP) is 1.81. The monoisotopic (exact) mass is 207 g/mol. The van der Waals surface area contributed by atoms with E-state index in [4.69, 9.17) is 0 Å². The van der Waals surface area contributed by atoms with Gasteiger partial charge in [0.2, 0.25) is 5.91 Å². The molecule has 1 unspecified atom stereocenters. The van der Waals surface area contributed by atoms with E-state index in [1.165, 1.54) is 6.92 Å². The molecule has 0 aromatic heterocycles. The minimum Gasteiger partial charge on any atom is -0.329 e. The molecule has 3 nitrogen and oxygen atoms in total. The second kappa shape index (κ2) is 4.01. The summed E-state index contributed by atoms with van der Waals surface area (Å²) in [5.74, 6) is -0.513. The normalized spacial score (nSPS) is 24.3. The number of carbonyl (C=O) groups is 2. The second-order valence-corrected chi connectivity index (χ2v) is 4.72. The highest BCUT2D eigenvalue weighted by Crippen LogP contribution is 2.37. The van der Waals surface area contributed by atoms with Crippen molar-refractivity contribution in [2.45, 2.75) is 27.2 Å². The molecule has 82 valence electrons. The Morgan fingerprint density at radius 1 is 1.67 bits per heavy atom. The number of rotatable bonds is 2. The minimum atomic E-state index is -0.359. The van der Waals surface area contributed by atoms with Crippen LogP contribution in [0.15, 0.2) is 23.9 Å². The fourth-order valence-corrected chi connectivity index (χ4v) is 1.96. The molecule has 1 aliphatic carbocycles. The number of allylic oxidation sites excluding steroid dienone is 2. The van der Waals surface area contributed by atoms with E-state index in [2.05, 4.69) is 25.7 Å². The molecule has 0 saturated carbocycles. The first-order valence-electron chi connectivity index (χ1n) is 4.99. The Labute approximate surface area is 90.2 Å². The predicted molar refractivity (Wildman–Crippen MR) is 59.0 cm³/mol. The van der Waals surface area contributed by atoms with E-state index in [1.807, 2.05) is 6.08 Å². The van der Waals surface area contributed by atoms with Crippen molar-refractivity contribution < 1.29 is 9.59 Å². The molecule has 0 bridgehead atoms. The van der Waals surface area contributed by atoms with Gasteiger partial charge in [0, 0.05) is 12.6 Å². The Kier molecular flexibility index (Phi) is 3.12. The Bertz CT molecular complexity index is 340. The summed E-state index contributed by atoms with van der Waals surface area (Å²) in [7, 11) is 0. The lowest BCUT2D eigenvalue weighted by Crippen LogP contribution is -2.32. The SMILES string of the molecule is C=C1CC(C)(C)C=C(NC(C)=O)C1C=O.